The fraction of sp³-hybridized carbons (Fsp3) is 0.100. The maximum atomic E-state index is 12.5. The summed E-state index contributed by atoms with van der Waals surface area (Å²) >= 11 is 12.3. The Kier molecular flexibility index (Phi) is 6.38. The largest absolute Gasteiger partial charge is 0.573 e. The zero-order chi connectivity index (χ0) is 21.9. The molecule has 1 amide bonds. The van der Waals surface area contributed by atoms with Gasteiger partial charge in [0.25, 0.3) is 11.5 Å². The van der Waals surface area contributed by atoms with E-state index in [0.717, 1.165) is 12.1 Å². The Balaban J connectivity index is 1.77. The van der Waals surface area contributed by atoms with Crippen LogP contribution >= 0.6 is 23.2 Å². The van der Waals surface area contributed by atoms with Crippen LogP contribution in [-0.4, -0.2) is 16.8 Å². The monoisotopic (exact) mass is 456 g/mol. The molecule has 0 saturated heterocycles. The average Bonchev–Trinajstić information content (AvgIpc) is 2.66. The Morgan fingerprint density at radius 3 is 2.23 bits per heavy atom. The molecule has 0 spiro atoms. The number of benzene rings is 2. The zero-order valence-corrected chi connectivity index (χ0v) is 16.6. The first-order valence-corrected chi connectivity index (χ1v) is 9.18. The van der Waals surface area contributed by atoms with Crippen LogP contribution in [0.5, 0.6) is 5.75 Å². The van der Waals surface area contributed by atoms with Gasteiger partial charge in [0.2, 0.25) is 0 Å². The van der Waals surface area contributed by atoms with Crippen LogP contribution in [0, 0.1) is 0 Å². The van der Waals surface area contributed by atoms with Crippen molar-refractivity contribution in [1.82, 2.24) is 4.57 Å². The second kappa shape index (κ2) is 8.81. The number of anilines is 1. The summed E-state index contributed by atoms with van der Waals surface area (Å²) in [6, 6.07) is 12.2. The molecule has 1 aromatic heterocycles. The third-order valence-corrected chi connectivity index (χ3v) is 4.69. The summed E-state index contributed by atoms with van der Waals surface area (Å²) in [6.07, 6.45) is -3.46. The van der Waals surface area contributed by atoms with Crippen molar-refractivity contribution in [1.29, 1.82) is 0 Å². The summed E-state index contributed by atoms with van der Waals surface area (Å²) in [5.74, 6) is -0.968. The number of aromatic nitrogens is 1. The molecule has 0 saturated carbocycles. The van der Waals surface area contributed by atoms with Crippen molar-refractivity contribution in [3.8, 4) is 5.75 Å². The Bertz CT molecular complexity index is 1110. The highest BCUT2D eigenvalue weighted by molar-refractivity contribution is 6.35. The second-order valence-corrected chi connectivity index (χ2v) is 6.92. The predicted octanol–water partition coefficient (Wildman–Crippen LogP) is 5.35. The van der Waals surface area contributed by atoms with Crippen LogP contribution < -0.4 is 15.6 Å². The van der Waals surface area contributed by atoms with Gasteiger partial charge in [-0.2, -0.15) is 0 Å². The fourth-order valence-electron chi connectivity index (χ4n) is 2.59. The smallest absolute Gasteiger partial charge is 0.406 e. The number of hydrogen-bond acceptors (Lipinski definition) is 3. The number of halogens is 5. The first kappa shape index (κ1) is 21.7. The standard InChI is InChI=1S/C20H13Cl2F3N2O3/c21-16-2-1-3-17(22)15(16)11-27-10-12(4-9-18(27)28)19(29)26-13-5-7-14(8-6-13)30-20(23,24)25/h1-10H,11H2,(H,26,29). The highest BCUT2D eigenvalue weighted by Crippen LogP contribution is 2.25. The summed E-state index contributed by atoms with van der Waals surface area (Å²) < 4.78 is 41.7. The van der Waals surface area contributed by atoms with Gasteiger partial charge in [-0.1, -0.05) is 29.3 Å². The highest BCUT2D eigenvalue weighted by atomic mass is 35.5. The molecular formula is C20H13Cl2F3N2O3. The van der Waals surface area contributed by atoms with E-state index >= 15 is 0 Å². The number of amides is 1. The lowest BCUT2D eigenvalue weighted by Gasteiger charge is -2.12. The SMILES string of the molecule is O=C(Nc1ccc(OC(F)(F)F)cc1)c1ccc(=O)n(Cc2c(Cl)cccc2Cl)c1. The molecule has 0 fully saturated rings. The molecule has 10 heteroatoms. The van der Waals surface area contributed by atoms with Crippen LogP contribution in [0.3, 0.4) is 0 Å². The second-order valence-electron chi connectivity index (χ2n) is 6.11. The van der Waals surface area contributed by atoms with Crippen LogP contribution in [-0.2, 0) is 6.54 Å². The first-order valence-electron chi connectivity index (χ1n) is 8.43. The van der Waals surface area contributed by atoms with Crippen LogP contribution in [0.2, 0.25) is 10.0 Å². The van der Waals surface area contributed by atoms with Gasteiger partial charge in [0.05, 0.1) is 12.1 Å². The molecule has 0 atom stereocenters. The van der Waals surface area contributed by atoms with Crippen LogP contribution in [0.4, 0.5) is 18.9 Å². The van der Waals surface area contributed by atoms with E-state index in [2.05, 4.69) is 10.1 Å². The number of pyridine rings is 1. The third-order valence-electron chi connectivity index (χ3n) is 3.98. The minimum Gasteiger partial charge on any atom is -0.406 e. The molecule has 0 aliphatic heterocycles. The van der Waals surface area contributed by atoms with E-state index < -0.39 is 18.0 Å². The average molecular weight is 457 g/mol. The summed E-state index contributed by atoms with van der Waals surface area (Å²) in [4.78, 5) is 24.7. The molecule has 3 aromatic rings. The van der Waals surface area contributed by atoms with Gasteiger partial charge in [-0.05, 0) is 42.5 Å². The quantitative estimate of drug-likeness (QED) is 0.562. The number of rotatable bonds is 5. The van der Waals surface area contributed by atoms with Gasteiger partial charge in [-0.3, -0.25) is 9.59 Å². The normalized spacial score (nSPS) is 11.2. The first-order chi connectivity index (χ1) is 14.1. The van der Waals surface area contributed by atoms with Crippen molar-refractivity contribution in [2.24, 2.45) is 0 Å². The number of hydrogen-bond donors (Lipinski definition) is 1. The van der Waals surface area contributed by atoms with Crippen molar-refractivity contribution in [2.75, 3.05) is 5.32 Å². The predicted molar refractivity (Wildman–Crippen MR) is 107 cm³/mol. The van der Waals surface area contributed by atoms with E-state index in [4.69, 9.17) is 23.2 Å². The van der Waals surface area contributed by atoms with E-state index in [1.807, 2.05) is 0 Å². The van der Waals surface area contributed by atoms with E-state index in [0.29, 0.717) is 15.6 Å². The van der Waals surface area contributed by atoms with Crippen LogP contribution in [0.1, 0.15) is 15.9 Å². The van der Waals surface area contributed by atoms with E-state index in [1.54, 1.807) is 18.2 Å². The third kappa shape index (κ3) is 5.55. The molecule has 30 heavy (non-hydrogen) atoms. The molecule has 1 heterocycles. The van der Waals surface area contributed by atoms with Crippen molar-refractivity contribution in [3.63, 3.8) is 0 Å². The van der Waals surface area contributed by atoms with Gasteiger partial charge in [0.1, 0.15) is 5.75 Å². The molecule has 3 rings (SSSR count). The van der Waals surface area contributed by atoms with Crippen molar-refractivity contribution < 1.29 is 22.7 Å². The van der Waals surface area contributed by atoms with E-state index in [1.165, 1.54) is 35.0 Å². The lowest BCUT2D eigenvalue weighted by Crippen LogP contribution is -2.23. The number of alkyl halides is 3. The lowest BCUT2D eigenvalue weighted by molar-refractivity contribution is -0.274. The zero-order valence-electron chi connectivity index (χ0n) is 15.0. The Morgan fingerprint density at radius 2 is 1.63 bits per heavy atom. The highest BCUT2D eigenvalue weighted by Gasteiger charge is 2.31. The number of carbonyl (C=O) groups excluding carboxylic acids is 1. The van der Waals surface area contributed by atoms with Gasteiger partial charge in [0.15, 0.2) is 0 Å². The van der Waals surface area contributed by atoms with Crippen LogP contribution in [0.15, 0.2) is 65.6 Å². The summed E-state index contributed by atoms with van der Waals surface area (Å²) in [6.45, 7) is 0.0575. The Hall–Kier alpha value is -2.97. The van der Waals surface area contributed by atoms with Crippen molar-refractivity contribution in [3.05, 3.63) is 92.3 Å². The molecule has 0 aliphatic rings. The van der Waals surface area contributed by atoms with Gasteiger partial charge in [0, 0.05) is 33.6 Å². The molecule has 0 bridgehead atoms. The Morgan fingerprint density at radius 1 is 1.00 bits per heavy atom. The van der Waals surface area contributed by atoms with Gasteiger partial charge in [-0.15, -0.1) is 13.2 Å². The molecule has 1 N–H and O–H groups in total. The number of carbonyl (C=O) groups is 1. The van der Waals surface area contributed by atoms with Gasteiger partial charge >= 0.3 is 6.36 Å². The lowest BCUT2D eigenvalue weighted by atomic mass is 10.2. The number of nitrogens with zero attached hydrogens (tertiary/aromatic N) is 1. The maximum Gasteiger partial charge on any atom is 0.573 e. The minimum atomic E-state index is -4.80. The van der Waals surface area contributed by atoms with Crippen LogP contribution in [0.25, 0.3) is 0 Å². The number of nitrogens with one attached hydrogen (secondary N) is 1. The molecule has 0 aliphatic carbocycles. The topological polar surface area (TPSA) is 60.3 Å². The molecule has 0 radical (unpaired) electrons. The summed E-state index contributed by atoms with van der Waals surface area (Å²) in [5.41, 5.74) is 0.576. The molecule has 2 aromatic carbocycles. The molecule has 0 unspecified atom stereocenters. The van der Waals surface area contributed by atoms with Crippen molar-refractivity contribution >= 4 is 34.8 Å². The van der Waals surface area contributed by atoms with Gasteiger partial charge in [-0.25, -0.2) is 0 Å². The summed E-state index contributed by atoms with van der Waals surface area (Å²) in [7, 11) is 0. The number of ether oxygens (including phenoxy) is 1. The molecule has 5 nitrogen and oxygen atoms in total. The van der Waals surface area contributed by atoms with Gasteiger partial charge < -0.3 is 14.6 Å². The maximum absolute atomic E-state index is 12.5. The fourth-order valence-corrected chi connectivity index (χ4v) is 3.10. The molecule has 156 valence electrons. The minimum absolute atomic E-state index is 0.0575. The Labute approximate surface area is 178 Å². The van der Waals surface area contributed by atoms with Crippen molar-refractivity contribution in [2.45, 2.75) is 12.9 Å². The summed E-state index contributed by atoms with van der Waals surface area (Å²) in [5, 5.41) is 3.30. The van der Waals surface area contributed by atoms with E-state index in [-0.39, 0.29) is 23.4 Å². The van der Waals surface area contributed by atoms with E-state index in [9.17, 15) is 22.8 Å². The molecular weight excluding hydrogens is 444 g/mol.